The van der Waals surface area contributed by atoms with E-state index in [0.717, 1.165) is 17.7 Å². The smallest absolute Gasteiger partial charge is 0.244 e. The van der Waals surface area contributed by atoms with Gasteiger partial charge in [-0.3, -0.25) is 0 Å². The van der Waals surface area contributed by atoms with Crippen LogP contribution >= 0.6 is 46.4 Å². The molecule has 1 aromatic heterocycles. The fraction of sp³-hybridized carbons (Fsp3) is 0.192. The van der Waals surface area contributed by atoms with Crippen molar-refractivity contribution in [1.29, 1.82) is 0 Å². The number of hydrogen-bond donors (Lipinski definition) is 0. The molecule has 34 heavy (non-hydrogen) atoms. The highest BCUT2D eigenvalue weighted by Gasteiger charge is 2.20. The molecule has 0 aliphatic carbocycles. The van der Waals surface area contributed by atoms with Crippen LogP contribution in [0.2, 0.25) is 20.1 Å². The van der Waals surface area contributed by atoms with Crippen LogP contribution < -0.4 is 21.5 Å². The molecule has 8 heteroatoms. The third-order valence-electron chi connectivity index (χ3n) is 5.34. The summed E-state index contributed by atoms with van der Waals surface area (Å²) in [6.07, 6.45) is 5.85. The van der Waals surface area contributed by atoms with Crippen LogP contribution in [0.15, 0.2) is 79.4 Å². The Morgan fingerprint density at radius 1 is 0.912 bits per heavy atom. The van der Waals surface area contributed by atoms with Crippen molar-refractivity contribution >= 4 is 46.4 Å². The zero-order chi connectivity index (χ0) is 23.4. The van der Waals surface area contributed by atoms with Crippen LogP contribution in [0.1, 0.15) is 28.4 Å². The molecule has 3 aromatic carbocycles. The second kappa shape index (κ2) is 12.4. The molecule has 4 rings (SSSR count). The molecule has 0 saturated carbocycles. The van der Waals surface area contributed by atoms with Crippen molar-refractivity contribution in [1.82, 2.24) is 4.57 Å². The third-order valence-corrected chi connectivity index (χ3v) is 6.48. The molecule has 1 atom stereocenters. The molecule has 1 heterocycles. The van der Waals surface area contributed by atoms with Gasteiger partial charge in [0.1, 0.15) is 31.6 Å². The Hall–Kier alpha value is -1.53. The summed E-state index contributed by atoms with van der Waals surface area (Å²) in [5, 5.41) is 2.31. The Bertz CT molecular complexity index is 1260. The van der Waals surface area contributed by atoms with Crippen LogP contribution in [-0.4, -0.2) is 4.57 Å². The minimum Gasteiger partial charge on any atom is -1.00 e. The van der Waals surface area contributed by atoms with Crippen molar-refractivity contribution in [2.75, 3.05) is 0 Å². The highest BCUT2D eigenvalue weighted by Crippen LogP contribution is 2.30. The average Bonchev–Trinajstić information content (AvgIpc) is 3.19. The molecule has 0 radical (unpaired) electrons. The van der Waals surface area contributed by atoms with E-state index in [1.54, 1.807) is 18.2 Å². The van der Waals surface area contributed by atoms with Gasteiger partial charge in [-0.05, 0) is 42.3 Å². The Kier molecular flexibility index (Phi) is 9.90. The number of halogens is 5. The summed E-state index contributed by atoms with van der Waals surface area (Å²) in [4.78, 5) is 0. The molecule has 178 valence electrons. The monoisotopic (exact) mass is 598 g/mol. The lowest BCUT2D eigenvalue weighted by Gasteiger charge is -2.19. The molecule has 0 amide bonds. The van der Waals surface area contributed by atoms with Gasteiger partial charge in [0.05, 0.1) is 6.61 Å². The lowest BCUT2D eigenvalue weighted by atomic mass is 10.1. The molecule has 4 aromatic rings. The Morgan fingerprint density at radius 3 is 2.35 bits per heavy atom. The number of hydrogen-bond acceptors (Lipinski definition) is 1. The van der Waals surface area contributed by atoms with E-state index in [4.69, 9.17) is 51.1 Å². The van der Waals surface area contributed by atoms with Crippen LogP contribution in [0.25, 0.3) is 0 Å². The van der Waals surface area contributed by atoms with E-state index < -0.39 is 0 Å². The molecule has 0 N–H and O–H groups in total. The third kappa shape index (κ3) is 7.24. The predicted molar refractivity (Wildman–Crippen MR) is 135 cm³/mol. The van der Waals surface area contributed by atoms with Crippen LogP contribution in [-0.2, 0) is 24.4 Å². The van der Waals surface area contributed by atoms with Gasteiger partial charge in [-0.15, -0.1) is 0 Å². The molecule has 0 spiro atoms. The Labute approximate surface area is 230 Å². The van der Waals surface area contributed by atoms with E-state index in [9.17, 15) is 0 Å². The first-order valence-corrected chi connectivity index (χ1v) is 12.0. The van der Waals surface area contributed by atoms with Gasteiger partial charge in [0, 0.05) is 25.7 Å². The van der Waals surface area contributed by atoms with Gasteiger partial charge >= 0.3 is 0 Å². The van der Waals surface area contributed by atoms with Gasteiger partial charge in [-0.1, -0.05) is 88.4 Å². The predicted octanol–water partition coefficient (Wildman–Crippen LogP) is 4.71. The molecule has 3 nitrogen and oxygen atoms in total. The molecular weight excluding hydrogens is 578 g/mol. The van der Waals surface area contributed by atoms with Gasteiger partial charge in [-0.25, -0.2) is 9.13 Å². The zero-order valence-electron chi connectivity index (χ0n) is 18.4. The quantitative estimate of drug-likeness (QED) is 0.268. The van der Waals surface area contributed by atoms with Crippen molar-refractivity contribution in [3.05, 3.63) is 122 Å². The van der Waals surface area contributed by atoms with E-state index in [1.165, 1.54) is 11.1 Å². The first-order chi connectivity index (χ1) is 15.9. The number of aromatic nitrogens is 2. The largest absolute Gasteiger partial charge is 1.00 e. The Morgan fingerprint density at radius 2 is 1.65 bits per heavy atom. The lowest BCUT2D eigenvalue weighted by Crippen LogP contribution is -3.00. The number of rotatable bonds is 8. The average molecular weight is 601 g/mol. The van der Waals surface area contributed by atoms with E-state index in [0.29, 0.717) is 33.2 Å². The maximum absolute atomic E-state index is 6.53. The molecule has 1 unspecified atom stereocenters. The van der Waals surface area contributed by atoms with Crippen LogP contribution in [0.5, 0.6) is 0 Å². The van der Waals surface area contributed by atoms with Crippen molar-refractivity contribution in [3.8, 4) is 0 Å². The summed E-state index contributed by atoms with van der Waals surface area (Å²) in [6, 6.07) is 19.4. The molecule has 0 bridgehead atoms. The standard InChI is InChI=1S/C26H23Cl4N2O.BrH/c1-18-3-2-4-19(11-18)14-31-9-10-32(17-31)15-26(23-8-7-22(28)13-25(23)30)33-16-20-5-6-21(27)12-24(20)29;/h2-13,17,26H,14-16H2,1H3;1H/q+1;/p-1. The van der Waals surface area contributed by atoms with Gasteiger partial charge < -0.3 is 21.7 Å². The molecular formula is C26H23BrCl4N2O. The highest BCUT2D eigenvalue weighted by atomic mass is 79.9. The molecule has 0 fully saturated rings. The summed E-state index contributed by atoms with van der Waals surface area (Å²) in [7, 11) is 0. The number of benzene rings is 3. The van der Waals surface area contributed by atoms with Gasteiger partial charge in [0.2, 0.25) is 6.33 Å². The van der Waals surface area contributed by atoms with Crippen LogP contribution in [0, 0.1) is 6.92 Å². The van der Waals surface area contributed by atoms with E-state index in [-0.39, 0.29) is 23.1 Å². The number of ether oxygens (including phenoxy) is 1. The molecule has 0 aliphatic rings. The van der Waals surface area contributed by atoms with Crippen LogP contribution in [0.4, 0.5) is 0 Å². The first kappa shape index (κ1) is 27.1. The molecule has 0 aliphatic heterocycles. The van der Waals surface area contributed by atoms with Crippen molar-refractivity contribution in [2.24, 2.45) is 0 Å². The first-order valence-electron chi connectivity index (χ1n) is 10.5. The fourth-order valence-electron chi connectivity index (χ4n) is 3.69. The summed E-state index contributed by atoms with van der Waals surface area (Å²) < 4.78 is 10.6. The highest BCUT2D eigenvalue weighted by molar-refractivity contribution is 6.35. The lowest BCUT2D eigenvalue weighted by molar-refractivity contribution is -0.704. The van der Waals surface area contributed by atoms with Gasteiger partial charge in [-0.2, -0.15) is 0 Å². The molecule has 0 saturated heterocycles. The normalized spacial score (nSPS) is 11.8. The number of imidazole rings is 1. The summed E-state index contributed by atoms with van der Waals surface area (Å²) >= 11 is 25.0. The van der Waals surface area contributed by atoms with Gasteiger partial charge in [0.15, 0.2) is 0 Å². The SMILES string of the molecule is Cc1cccc(Cn2cc[n+](CC(OCc3ccc(Cl)cc3Cl)c3ccc(Cl)cc3Cl)c2)c1.[Br-]. The maximum atomic E-state index is 6.53. The fourth-order valence-corrected chi connectivity index (χ4v) is 4.68. The van der Waals surface area contributed by atoms with Crippen molar-refractivity contribution in [2.45, 2.75) is 32.7 Å². The van der Waals surface area contributed by atoms with Crippen LogP contribution in [0.3, 0.4) is 0 Å². The topological polar surface area (TPSA) is 18.0 Å². The van der Waals surface area contributed by atoms with Crippen molar-refractivity contribution < 1.29 is 26.3 Å². The minimum absolute atomic E-state index is 0. The minimum atomic E-state index is -0.304. The second-order valence-corrected chi connectivity index (χ2v) is 9.66. The zero-order valence-corrected chi connectivity index (χ0v) is 23.0. The summed E-state index contributed by atoms with van der Waals surface area (Å²) in [6.45, 7) is 3.80. The Balaban J connectivity index is 0.00000324. The number of aryl methyl sites for hydroxylation is 1. The van der Waals surface area contributed by atoms with Gasteiger partial charge in [0.25, 0.3) is 0 Å². The maximum Gasteiger partial charge on any atom is 0.244 e. The van der Waals surface area contributed by atoms with Crippen molar-refractivity contribution in [3.63, 3.8) is 0 Å². The summed E-state index contributed by atoms with van der Waals surface area (Å²) in [5.74, 6) is 0. The van der Waals surface area contributed by atoms with E-state index in [2.05, 4.69) is 52.8 Å². The van der Waals surface area contributed by atoms with E-state index >= 15 is 0 Å². The number of nitrogens with zero attached hydrogens (tertiary/aromatic N) is 2. The van der Waals surface area contributed by atoms with E-state index in [1.807, 2.05) is 24.4 Å². The summed E-state index contributed by atoms with van der Waals surface area (Å²) in [5.41, 5.74) is 4.23. The second-order valence-electron chi connectivity index (χ2n) is 7.97.